The van der Waals surface area contributed by atoms with Gasteiger partial charge < -0.3 is 10.1 Å². The lowest BCUT2D eigenvalue weighted by molar-refractivity contribution is -0.150. The molecule has 5 nitrogen and oxygen atoms in total. The third-order valence-corrected chi connectivity index (χ3v) is 5.01. The first-order valence-electron chi connectivity index (χ1n) is 5.43. The summed E-state index contributed by atoms with van der Waals surface area (Å²) in [5.41, 5.74) is -0.664. The molecule has 0 bridgehead atoms. The molecule has 0 saturated heterocycles. The second kappa shape index (κ2) is 5.35. The molecule has 0 aromatic rings. The van der Waals surface area contributed by atoms with Gasteiger partial charge in [-0.2, -0.15) is 0 Å². The molecule has 1 N–H and O–H groups in total. The third kappa shape index (κ3) is 4.63. The van der Waals surface area contributed by atoms with Crippen LogP contribution in [0.2, 0.25) is 0 Å². The van der Waals surface area contributed by atoms with Crippen LogP contribution in [0.15, 0.2) is 0 Å². The van der Waals surface area contributed by atoms with Gasteiger partial charge in [0.2, 0.25) is 0 Å². The first-order chi connectivity index (χ1) is 7.44. The normalized spacial score (nSPS) is 13.5. The van der Waals surface area contributed by atoms with Gasteiger partial charge in [0.25, 0.3) is 0 Å². The van der Waals surface area contributed by atoms with Crippen molar-refractivity contribution in [2.45, 2.75) is 32.4 Å². The molecule has 0 aromatic carbocycles. The summed E-state index contributed by atoms with van der Waals surface area (Å²) >= 11 is 0. The van der Waals surface area contributed by atoms with Gasteiger partial charge in [0, 0.05) is 19.3 Å². The van der Waals surface area contributed by atoms with Gasteiger partial charge in [-0.15, -0.1) is 0 Å². The molecular formula is C11H23NO4S. The average molecular weight is 265 g/mol. The summed E-state index contributed by atoms with van der Waals surface area (Å²) in [5, 5.41) is 3.01. The Morgan fingerprint density at radius 3 is 2.00 bits per heavy atom. The van der Waals surface area contributed by atoms with E-state index in [0.29, 0.717) is 13.1 Å². The van der Waals surface area contributed by atoms with Gasteiger partial charge in [-0.05, 0) is 27.7 Å². The van der Waals surface area contributed by atoms with E-state index in [0.717, 1.165) is 0 Å². The van der Waals surface area contributed by atoms with Crippen LogP contribution in [-0.2, 0) is 19.4 Å². The van der Waals surface area contributed by atoms with Crippen LogP contribution in [0.1, 0.15) is 27.7 Å². The minimum absolute atomic E-state index is 0.298. The highest BCUT2D eigenvalue weighted by Crippen LogP contribution is 2.17. The number of rotatable bonds is 6. The SMILES string of the molecule is COC(=O)C(C)(C)CNCC(C)(C)S(C)(=O)=O. The smallest absolute Gasteiger partial charge is 0.312 e. The molecule has 0 saturated carbocycles. The van der Waals surface area contributed by atoms with Crippen molar-refractivity contribution in [2.24, 2.45) is 5.41 Å². The summed E-state index contributed by atoms with van der Waals surface area (Å²) in [6.45, 7) is 7.48. The van der Waals surface area contributed by atoms with Crippen molar-refractivity contribution in [3.05, 3.63) is 0 Å². The topological polar surface area (TPSA) is 72.5 Å². The maximum Gasteiger partial charge on any atom is 0.312 e. The Morgan fingerprint density at radius 2 is 1.65 bits per heavy atom. The zero-order valence-corrected chi connectivity index (χ0v) is 12.3. The van der Waals surface area contributed by atoms with Crippen molar-refractivity contribution < 1.29 is 17.9 Å². The van der Waals surface area contributed by atoms with Crippen molar-refractivity contribution in [3.63, 3.8) is 0 Å². The molecule has 0 rings (SSSR count). The molecule has 17 heavy (non-hydrogen) atoms. The molecule has 0 atom stereocenters. The number of carbonyl (C=O) groups is 1. The fraction of sp³-hybridized carbons (Fsp3) is 0.909. The molecule has 102 valence electrons. The molecule has 0 fully saturated rings. The second-order valence-electron chi connectivity index (χ2n) is 5.51. The lowest BCUT2D eigenvalue weighted by atomic mass is 9.93. The highest BCUT2D eigenvalue weighted by atomic mass is 32.2. The summed E-state index contributed by atoms with van der Waals surface area (Å²) in [5.74, 6) is -0.317. The minimum Gasteiger partial charge on any atom is -0.469 e. The molecule has 0 unspecified atom stereocenters. The van der Waals surface area contributed by atoms with E-state index in [1.807, 2.05) is 0 Å². The van der Waals surface area contributed by atoms with E-state index in [2.05, 4.69) is 10.1 Å². The van der Waals surface area contributed by atoms with Gasteiger partial charge in [0.15, 0.2) is 9.84 Å². The summed E-state index contributed by atoms with van der Waals surface area (Å²) in [6, 6.07) is 0. The molecule has 0 radical (unpaired) electrons. The van der Waals surface area contributed by atoms with Gasteiger partial charge in [0.1, 0.15) is 0 Å². The van der Waals surface area contributed by atoms with Gasteiger partial charge in [0.05, 0.1) is 17.3 Å². The van der Waals surface area contributed by atoms with Crippen LogP contribution in [-0.4, -0.2) is 45.6 Å². The van der Waals surface area contributed by atoms with Crippen molar-refractivity contribution >= 4 is 15.8 Å². The maximum absolute atomic E-state index is 11.5. The largest absolute Gasteiger partial charge is 0.469 e. The Labute approximate surface area is 104 Å². The lowest BCUT2D eigenvalue weighted by Gasteiger charge is -2.27. The molecule has 0 spiro atoms. The van der Waals surface area contributed by atoms with Crippen LogP contribution in [0, 0.1) is 5.41 Å². The van der Waals surface area contributed by atoms with Gasteiger partial charge in [-0.25, -0.2) is 8.42 Å². The number of sulfone groups is 1. The molecular weight excluding hydrogens is 242 g/mol. The number of ether oxygens (including phenoxy) is 1. The molecule has 0 aromatic heterocycles. The summed E-state index contributed by atoms with van der Waals surface area (Å²) in [7, 11) is -1.79. The zero-order chi connectivity index (χ0) is 13.9. The summed E-state index contributed by atoms with van der Waals surface area (Å²) in [6.07, 6.45) is 1.21. The van der Waals surface area contributed by atoms with E-state index in [1.54, 1.807) is 27.7 Å². The fourth-order valence-corrected chi connectivity index (χ4v) is 1.52. The molecule has 6 heteroatoms. The maximum atomic E-state index is 11.5. The quantitative estimate of drug-likeness (QED) is 0.712. The van der Waals surface area contributed by atoms with E-state index < -0.39 is 20.0 Å². The Morgan fingerprint density at radius 1 is 1.18 bits per heavy atom. The monoisotopic (exact) mass is 265 g/mol. The van der Waals surface area contributed by atoms with Crippen molar-refractivity contribution in [1.29, 1.82) is 0 Å². The van der Waals surface area contributed by atoms with E-state index in [4.69, 9.17) is 0 Å². The van der Waals surface area contributed by atoms with Crippen molar-refractivity contribution in [3.8, 4) is 0 Å². The van der Waals surface area contributed by atoms with Crippen LogP contribution in [0.3, 0.4) is 0 Å². The van der Waals surface area contributed by atoms with Crippen LogP contribution >= 0.6 is 0 Å². The predicted octanol–water partition coefficient (Wildman–Crippen LogP) is 0.598. The van der Waals surface area contributed by atoms with E-state index in [-0.39, 0.29) is 5.97 Å². The van der Waals surface area contributed by atoms with E-state index in [9.17, 15) is 13.2 Å². The molecule has 0 aliphatic rings. The number of carbonyl (C=O) groups excluding carboxylic acids is 1. The first-order valence-corrected chi connectivity index (χ1v) is 7.32. The number of nitrogens with one attached hydrogen (secondary N) is 1. The molecule has 0 amide bonds. The highest BCUT2D eigenvalue weighted by molar-refractivity contribution is 7.92. The van der Waals surface area contributed by atoms with E-state index in [1.165, 1.54) is 13.4 Å². The Hall–Kier alpha value is -0.620. The lowest BCUT2D eigenvalue weighted by Crippen LogP contribution is -2.46. The standard InChI is InChI=1S/C11H23NO4S/c1-10(2,9(13)16-5)7-12-8-11(3,4)17(6,14)15/h12H,7-8H2,1-6H3. The predicted molar refractivity (Wildman–Crippen MR) is 67.6 cm³/mol. The second-order valence-corrected chi connectivity index (χ2v) is 8.16. The third-order valence-electron chi connectivity index (χ3n) is 2.86. The minimum atomic E-state index is -3.12. The zero-order valence-electron chi connectivity index (χ0n) is 11.5. The number of methoxy groups -OCH3 is 1. The van der Waals surface area contributed by atoms with Gasteiger partial charge in [-0.3, -0.25) is 4.79 Å². The van der Waals surface area contributed by atoms with Crippen LogP contribution in [0.4, 0.5) is 0 Å². The van der Waals surface area contributed by atoms with E-state index >= 15 is 0 Å². The summed E-state index contributed by atoms with van der Waals surface area (Å²) < 4.78 is 26.8. The van der Waals surface area contributed by atoms with Crippen LogP contribution in [0.5, 0.6) is 0 Å². The number of hydrogen-bond acceptors (Lipinski definition) is 5. The first kappa shape index (κ1) is 16.4. The number of esters is 1. The average Bonchev–Trinajstić information content (AvgIpc) is 2.13. The number of hydrogen-bond donors (Lipinski definition) is 1. The van der Waals surface area contributed by atoms with Gasteiger partial charge >= 0.3 is 5.97 Å². The summed E-state index contributed by atoms with van der Waals surface area (Å²) in [4.78, 5) is 11.4. The molecule has 0 aliphatic heterocycles. The highest BCUT2D eigenvalue weighted by Gasteiger charge is 2.32. The fourth-order valence-electron chi connectivity index (χ4n) is 1.16. The van der Waals surface area contributed by atoms with Crippen molar-refractivity contribution in [1.82, 2.24) is 5.32 Å². The van der Waals surface area contributed by atoms with Crippen LogP contribution in [0.25, 0.3) is 0 Å². The molecule has 0 aliphatic carbocycles. The van der Waals surface area contributed by atoms with Crippen molar-refractivity contribution in [2.75, 3.05) is 26.5 Å². The van der Waals surface area contributed by atoms with Gasteiger partial charge in [-0.1, -0.05) is 0 Å². The Bertz CT molecular complexity index is 371. The Kier molecular flexibility index (Phi) is 5.16. The van der Waals surface area contributed by atoms with Crippen LogP contribution < -0.4 is 5.32 Å². The Balaban J connectivity index is 4.40. The molecule has 0 heterocycles.